The van der Waals surface area contributed by atoms with Crippen molar-refractivity contribution in [2.45, 2.75) is 0 Å². The average Bonchev–Trinajstić information content (AvgIpc) is 1.57. The van der Waals surface area contributed by atoms with Crippen molar-refractivity contribution in [2.75, 3.05) is 0 Å². The lowest BCUT2D eigenvalue weighted by Gasteiger charge is -2.12. The number of aromatic nitrogens is 11. The summed E-state index contributed by atoms with van der Waals surface area (Å²) >= 11 is 3.60. The van der Waals surface area contributed by atoms with Gasteiger partial charge in [-0.3, -0.25) is 19.9 Å². The van der Waals surface area contributed by atoms with Gasteiger partial charge in [-0.2, -0.15) is 0 Å². The van der Waals surface area contributed by atoms with Crippen molar-refractivity contribution in [3.05, 3.63) is 359 Å². The highest BCUT2D eigenvalue weighted by Crippen LogP contribution is 2.52. The Bertz CT molecular complexity index is 6640. The number of fused-ring (bicyclic) bond motifs is 7. The van der Waals surface area contributed by atoms with E-state index in [-0.39, 0.29) is 0 Å². The molecule has 0 bridgehead atoms. The standard InChI is InChI=1S/C48H30N6S.C47H29N5S/c1-3-10-34(11-4-1)46-52-47(35-12-5-2-6-13-35)54-48(53-46)36-20-18-31(19-21-36)37-14-9-15-38(30-37)43-42-41(32-22-26-49-27-23-32)44(33-24-28-50-29-25-33)55-45(42)39-16-7-8-17-40(39)51-43;1-2-11-32(12-3-1)47-51-39-19-6-4-17-37(39)43(52-47)31-23-21-30(22-24-31)33-13-8-14-34(27-33)44-42-41(35-15-9-25-48-28-35)45(36-16-10-26-49-29-36)53-46(42)38-18-5-7-20-40(38)50-44/h1-30H;1-29H. The minimum absolute atomic E-state index is 0.627. The van der Waals surface area contributed by atoms with Gasteiger partial charge in [-0.25, -0.2) is 34.9 Å². The number of thiophene rings is 2. The van der Waals surface area contributed by atoms with Gasteiger partial charge >= 0.3 is 0 Å². The fourth-order valence-corrected chi connectivity index (χ4v) is 17.0. The summed E-state index contributed by atoms with van der Waals surface area (Å²) in [5.74, 6) is 2.63. The number of para-hydroxylation sites is 3. The third-order valence-corrected chi connectivity index (χ3v) is 22.0. The second-order valence-corrected chi connectivity index (χ2v) is 28.1. The summed E-state index contributed by atoms with van der Waals surface area (Å²) in [7, 11) is 0. The van der Waals surface area contributed by atoms with Crippen LogP contribution >= 0.6 is 22.7 Å². The van der Waals surface area contributed by atoms with E-state index in [0.717, 1.165) is 166 Å². The highest BCUT2D eigenvalue weighted by molar-refractivity contribution is 7.24. The van der Waals surface area contributed by atoms with E-state index >= 15 is 0 Å². The Morgan fingerprint density at radius 2 is 0.556 bits per heavy atom. The molecule has 10 heterocycles. The molecule has 13 heteroatoms. The lowest BCUT2D eigenvalue weighted by Crippen LogP contribution is -2.00. The summed E-state index contributed by atoms with van der Waals surface area (Å²) in [5.41, 5.74) is 23.6. The van der Waals surface area contributed by atoms with Crippen molar-refractivity contribution < 1.29 is 0 Å². The Morgan fingerprint density at radius 3 is 1.04 bits per heavy atom. The summed E-state index contributed by atoms with van der Waals surface area (Å²) < 4.78 is 2.40. The Balaban J connectivity index is 0.000000147. The monoisotopic (exact) mass is 1420 g/mol. The van der Waals surface area contributed by atoms with Gasteiger partial charge in [-0.1, -0.05) is 243 Å². The van der Waals surface area contributed by atoms with Gasteiger partial charge in [0.15, 0.2) is 23.3 Å². The van der Waals surface area contributed by atoms with E-state index in [0.29, 0.717) is 17.5 Å². The van der Waals surface area contributed by atoms with Gasteiger partial charge in [0, 0.05) is 157 Å². The van der Waals surface area contributed by atoms with Crippen LogP contribution in [0.5, 0.6) is 0 Å². The van der Waals surface area contributed by atoms with Gasteiger partial charge in [0.05, 0.1) is 33.6 Å². The molecule has 10 aromatic carbocycles. The topological polar surface area (TPSA) is 142 Å². The molecule has 0 aliphatic heterocycles. The zero-order valence-electron chi connectivity index (χ0n) is 57.8. The van der Waals surface area contributed by atoms with Gasteiger partial charge in [0.1, 0.15) is 0 Å². The zero-order valence-corrected chi connectivity index (χ0v) is 59.4. The van der Waals surface area contributed by atoms with Crippen LogP contribution in [0.2, 0.25) is 0 Å². The van der Waals surface area contributed by atoms with Gasteiger partial charge in [0.25, 0.3) is 0 Å². The van der Waals surface area contributed by atoms with Crippen molar-refractivity contribution in [3.8, 4) is 145 Å². The maximum absolute atomic E-state index is 5.38. The summed E-state index contributed by atoms with van der Waals surface area (Å²) in [5, 5.41) is 5.55. The minimum atomic E-state index is 0.627. The fourth-order valence-electron chi connectivity index (χ4n) is 14.3. The van der Waals surface area contributed by atoms with Crippen molar-refractivity contribution in [1.29, 1.82) is 0 Å². The van der Waals surface area contributed by atoms with Crippen LogP contribution in [0.25, 0.3) is 198 Å². The quantitative estimate of drug-likeness (QED) is 0.109. The molecule has 10 aromatic heterocycles. The SMILES string of the molecule is c1ccc(-c2nc(-c3ccc(-c4cccc(-c5nc6ccccc6c6sc(-c7cccnc7)c(-c7cccnc7)c56)c4)cc3)c3ccccc3n2)cc1.c1ccc(-c2nc(-c3ccccc3)nc(-c3ccc(-c4cccc(-c5nc6ccccc6c6sc(-c7ccncc7)c(-c7ccncc7)c56)c4)cc3)n2)cc1. The fraction of sp³-hybridized carbons (Fsp3) is 0. The summed E-state index contributed by atoms with van der Waals surface area (Å²) in [4.78, 5) is 55.4. The van der Waals surface area contributed by atoms with Crippen molar-refractivity contribution in [3.63, 3.8) is 0 Å². The summed E-state index contributed by atoms with van der Waals surface area (Å²) in [6.45, 7) is 0. The zero-order chi connectivity index (χ0) is 71.7. The van der Waals surface area contributed by atoms with Crippen molar-refractivity contribution >= 4 is 75.6 Å². The normalized spacial score (nSPS) is 11.3. The molecule has 506 valence electrons. The first-order valence-corrected chi connectivity index (χ1v) is 37.1. The molecular formula is C95H59N11S2. The number of nitrogens with zero attached hydrogens (tertiary/aromatic N) is 11. The molecule has 0 fully saturated rings. The molecule has 0 unspecified atom stereocenters. The molecule has 0 saturated heterocycles. The van der Waals surface area contributed by atoms with Gasteiger partial charge in [-0.15, -0.1) is 22.7 Å². The van der Waals surface area contributed by atoms with Crippen LogP contribution in [-0.4, -0.2) is 54.8 Å². The largest absolute Gasteiger partial charge is 0.265 e. The number of benzene rings is 10. The van der Waals surface area contributed by atoms with E-state index in [1.807, 2.05) is 153 Å². The van der Waals surface area contributed by atoms with Crippen LogP contribution in [0.3, 0.4) is 0 Å². The molecule has 0 radical (unpaired) electrons. The molecule has 0 amide bonds. The second kappa shape index (κ2) is 28.5. The van der Waals surface area contributed by atoms with E-state index in [1.54, 1.807) is 22.7 Å². The molecule has 11 nitrogen and oxygen atoms in total. The first-order chi connectivity index (χ1) is 53.5. The number of pyridine rings is 6. The third-order valence-electron chi connectivity index (χ3n) is 19.4. The molecule has 0 saturated carbocycles. The van der Waals surface area contributed by atoms with Crippen LogP contribution in [0, 0.1) is 0 Å². The van der Waals surface area contributed by atoms with E-state index in [9.17, 15) is 0 Å². The Morgan fingerprint density at radius 1 is 0.194 bits per heavy atom. The van der Waals surface area contributed by atoms with Crippen LogP contribution in [0.4, 0.5) is 0 Å². The van der Waals surface area contributed by atoms with Gasteiger partial charge in [0.2, 0.25) is 0 Å². The highest BCUT2D eigenvalue weighted by atomic mass is 32.1. The molecule has 0 N–H and O–H groups in total. The van der Waals surface area contributed by atoms with E-state index in [4.69, 9.17) is 34.9 Å². The van der Waals surface area contributed by atoms with Crippen molar-refractivity contribution in [1.82, 2.24) is 54.8 Å². The summed E-state index contributed by atoms with van der Waals surface area (Å²) in [6, 6.07) is 106. The molecule has 0 aliphatic rings. The molecule has 0 atom stereocenters. The maximum Gasteiger partial charge on any atom is 0.164 e. The van der Waals surface area contributed by atoms with E-state index in [1.165, 1.54) is 14.3 Å². The minimum Gasteiger partial charge on any atom is -0.265 e. The van der Waals surface area contributed by atoms with Crippen LogP contribution in [0.15, 0.2) is 359 Å². The van der Waals surface area contributed by atoms with Gasteiger partial charge < -0.3 is 0 Å². The predicted molar refractivity (Wildman–Crippen MR) is 443 cm³/mol. The first-order valence-electron chi connectivity index (χ1n) is 35.5. The second-order valence-electron chi connectivity index (χ2n) is 26.1. The van der Waals surface area contributed by atoms with Crippen LogP contribution < -0.4 is 0 Å². The molecule has 20 rings (SSSR count). The molecule has 0 aliphatic carbocycles. The Labute approximate surface area is 629 Å². The molecule has 108 heavy (non-hydrogen) atoms. The Hall–Kier alpha value is -14.1. The highest BCUT2D eigenvalue weighted by Gasteiger charge is 2.26. The first kappa shape index (κ1) is 64.7. The van der Waals surface area contributed by atoms with E-state index in [2.05, 4.69) is 226 Å². The number of hydrogen-bond acceptors (Lipinski definition) is 13. The molecule has 20 aromatic rings. The third kappa shape index (κ3) is 12.5. The summed E-state index contributed by atoms with van der Waals surface area (Å²) in [6.07, 6.45) is 14.9. The lowest BCUT2D eigenvalue weighted by atomic mass is 9.94. The van der Waals surface area contributed by atoms with Crippen LogP contribution in [-0.2, 0) is 0 Å². The number of rotatable bonds is 13. The van der Waals surface area contributed by atoms with E-state index < -0.39 is 0 Å². The predicted octanol–water partition coefficient (Wildman–Crippen LogP) is 24.3. The van der Waals surface area contributed by atoms with Gasteiger partial charge in [-0.05, 0) is 100 Å². The smallest absolute Gasteiger partial charge is 0.164 e. The van der Waals surface area contributed by atoms with Crippen molar-refractivity contribution in [2.24, 2.45) is 0 Å². The number of hydrogen-bond donors (Lipinski definition) is 0. The maximum atomic E-state index is 5.38. The Kier molecular flexibility index (Phi) is 17.1. The lowest BCUT2D eigenvalue weighted by molar-refractivity contribution is 1.07. The molecule has 0 spiro atoms. The molecular weight excluding hydrogens is 1360 g/mol. The average molecular weight is 1420 g/mol. The van der Waals surface area contributed by atoms with Crippen LogP contribution in [0.1, 0.15) is 0 Å².